The molecule has 3 rings (SSSR count). The smallest absolute Gasteiger partial charge is 0.368 e. The number of aromatic nitrogens is 3. The summed E-state index contributed by atoms with van der Waals surface area (Å²) in [5.74, 6) is -1.05. The maximum atomic E-state index is 13.0. The standard InChI is InChI=1S/C9H7F2N.C7H8F3N5O/c1-12-3-2-7-8(11)4-6(10)5-9(7)12;8-7(9,10)3-14-6(16)15-4-1-12-5(11)13-2-4/h2-5H,1H3;1-2H,3H2,(H2,11,12,13)(H2,14,15,16). The molecule has 0 bridgehead atoms. The monoisotopic (exact) mass is 402 g/mol. The fraction of sp³-hybridized carbons (Fsp3) is 0.188. The van der Waals surface area contributed by atoms with Gasteiger partial charge in [-0.25, -0.2) is 23.5 Å². The number of aryl methyl sites for hydroxylation is 1. The number of carbonyl (C=O) groups excluding carboxylic acids is 1. The fourth-order valence-corrected chi connectivity index (χ4v) is 2.05. The summed E-state index contributed by atoms with van der Waals surface area (Å²) in [6.07, 6.45) is -0.396. The van der Waals surface area contributed by atoms with Gasteiger partial charge in [0.1, 0.15) is 18.2 Å². The molecule has 2 heterocycles. The van der Waals surface area contributed by atoms with Gasteiger partial charge in [0, 0.05) is 24.7 Å². The average Bonchev–Trinajstić information content (AvgIpc) is 2.97. The van der Waals surface area contributed by atoms with E-state index in [1.165, 1.54) is 18.5 Å². The molecular weight excluding hydrogens is 387 g/mol. The van der Waals surface area contributed by atoms with E-state index in [9.17, 15) is 26.7 Å². The van der Waals surface area contributed by atoms with Gasteiger partial charge in [-0.05, 0) is 12.1 Å². The lowest BCUT2D eigenvalue weighted by molar-refractivity contribution is -0.122. The molecule has 2 aromatic heterocycles. The predicted molar refractivity (Wildman–Crippen MR) is 92.4 cm³/mol. The Bertz CT molecular complexity index is 955. The molecule has 0 spiro atoms. The van der Waals surface area contributed by atoms with Gasteiger partial charge in [-0.2, -0.15) is 13.2 Å². The van der Waals surface area contributed by atoms with Gasteiger partial charge in [-0.15, -0.1) is 0 Å². The van der Waals surface area contributed by atoms with Crippen LogP contribution in [0.1, 0.15) is 0 Å². The van der Waals surface area contributed by atoms with Crippen molar-refractivity contribution >= 4 is 28.6 Å². The summed E-state index contributed by atoms with van der Waals surface area (Å²) in [5.41, 5.74) is 5.90. The van der Waals surface area contributed by atoms with Crippen LogP contribution in [-0.2, 0) is 7.05 Å². The van der Waals surface area contributed by atoms with Crippen molar-refractivity contribution in [1.29, 1.82) is 0 Å². The number of hydrogen-bond donors (Lipinski definition) is 3. The lowest BCUT2D eigenvalue weighted by atomic mass is 10.2. The third-order valence-corrected chi connectivity index (χ3v) is 3.30. The minimum Gasteiger partial charge on any atom is -0.368 e. The Labute approximate surface area is 155 Å². The topological polar surface area (TPSA) is 97.9 Å². The molecule has 4 N–H and O–H groups in total. The third-order valence-electron chi connectivity index (χ3n) is 3.30. The first kappa shape index (κ1) is 20.9. The van der Waals surface area contributed by atoms with Crippen molar-refractivity contribution < 1.29 is 26.7 Å². The number of carbonyl (C=O) groups is 1. The van der Waals surface area contributed by atoms with Crippen LogP contribution in [0.15, 0.2) is 36.8 Å². The molecule has 0 saturated carbocycles. The molecule has 0 fully saturated rings. The van der Waals surface area contributed by atoms with Gasteiger partial charge in [0.25, 0.3) is 0 Å². The van der Waals surface area contributed by atoms with E-state index in [1.54, 1.807) is 29.2 Å². The van der Waals surface area contributed by atoms with Crippen molar-refractivity contribution in [2.75, 3.05) is 17.6 Å². The molecule has 0 atom stereocenters. The lowest BCUT2D eigenvalue weighted by Gasteiger charge is -2.09. The van der Waals surface area contributed by atoms with Crippen LogP contribution in [0, 0.1) is 11.6 Å². The van der Waals surface area contributed by atoms with Gasteiger partial charge in [-0.1, -0.05) is 0 Å². The van der Waals surface area contributed by atoms with Crippen LogP contribution >= 0.6 is 0 Å². The number of nitrogens with two attached hydrogens (primary N) is 1. The van der Waals surface area contributed by atoms with Gasteiger partial charge in [-0.3, -0.25) is 0 Å². The van der Waals surface area contributed by atoms with Crippen LogP contribution in [0.2, 0.25) is 0 Å². The predicted octanol–water partition coefficient (Wildman–Crippen LogP) is 3.20. The molecule has 150 valence electrons. The Morgan fingerprint density at radius 3 is 2.46 bits per heavy atom. The van der Waals surface area contributed by atoms with E-state index < -0.39 is 30.4 Å². The first-order valence-corrected chi connectivity index (χ1v) is 7.64. The fourth-order valence-electron chi connectivity index (χ4n) is 2.05. The minimum absolute atomic E-state index is 0.00116. The Kier molecular flexibility index (Phi) is 6.33. The number of amides is 2. The summed E-state index contributed by atoms with van der Waals surface area (Å²) in [7, 11) is 1.75. The first-order valence-electron chi connectivity index (χ1n) is 7.64. The van der Waals surface area contributed by atoms with E-state index in [4.69, 9.17) is 5.73 Å². The van der Waals surface area contributed by atoms with Crippen molar-refractivity contribution in [3.8, 4) is 0 Å². The second-order valence-electron chi connectivity index (χ2n) is 5.50. The van der Waals surface area contributed by atoms with Crippen molar-refractivity contribution in [1.82, 2.24) is 19.9 Å². The highest BCUT2D eigenvalue weighted by molar-refractivity contribution is 5.88. The number of nitrogens with zero attached hydrogens (tertiary/aromatic N) is 3. The summed E-state index contributed by atoms with van der Waals surface area (Å²) in [6.45, 7) is -1.41. The SMILES string of the molecule is Cn1ccc2c(F)cc(F)cc21.Nc1ncc(NC(=O)NCC(F)(F)F)cn1. The molecule has 0 aliphatic rings. The maximum Gasteiger partial charge on any atom is 0.405 e. The summed E-state index contributed by atoms with van der Waals surface area (Å²) in [4.78, 5) is 18.0. The zero-order chi connectivity index (χ0) is 20.9. The summed E-state index contributed by atoms with van der Waals surface area (Å²) in [5, 5.41) is 4.19. The summed E-state index contributed by atoms with van der Waals surface area (Å²) < 4.78 is 62.6. The molecule has 2 amide bonds. The molecule has 0 aliphatic carbocycles. The Morgan fingerprint density at radius 1 is 1.21 bits per heavy atom. The number of anilines is 2. The Hall–Kier alpha value is -3.44. The quantitative estimate of drug-likeness (QED) is 0.574. The largest absolute Gasteiger partial charge is 0.405 e. The highest BCUT2D eigenvalue weighted by Crippen LogP contribution is 2.19. The Morgan fingerprint density at radius 2 is 1.86 bits per heavy atom. The maximum absolute atomic E-state index is 13.0. The van der Waals surface area contributed by atoms with Crippen LogP contribution in [0.3, 0.4) is 0 Å². The van der Waals surface area contributed by atoms with Gasteiger partial charge >= 0.3 is 12.2 Å². The van der Waals surface area contributed by atoms with Crippen LogP contribution in [0.4, 0.5) is 38.4 Å². The number of rotatable bonds is 2. The average molecular weight is 402 g/mol. The van der Waals surface area contributed by atoms with Crippen molar-refractivity contribution in [2.24, 2.45) is 7.05 Å². The number of nitrogen functional groups attached to an aromatic ring is 1. The molecule has 0 radical (unpaired) electrons. The summed E-state index contributed by atoms with van der Waals surface area (Å²) >= 11 is 0. The Balaban J connectivity index is 0.000000207. The van der Waals surface area contributed by atoms with Crippen LogP contribution in [-0.4, -0.2) is 33.3 Å². The second kappa shape index (κ2) is 8.50. The van der Waals surface area contributed by atoms with E-state index in [1.807, 2.05) is 0 Å². The van der Waals surface area contributed by atoms with Crippen molar-refractivity contribution in [2.45, 2.75) is 6.18 Å². The van der Waals surface area contributed by atoms with E-state index in [0.717, 1.165) is 6.07 Å². The molecule has 0 unspecified atom stereocenters. The molecular formula is C16H15F5N6O. The zero-order valence-corrected chi connectivity index (χ0v) is 14.4. The molecule has 28 heavy (non-hydrogen) atoms. The van der Waals surface area contributed by atoms with E-state index >= 15 is 0 Å². The van der Waals surface area contributed by atoms with Gasteiger partial charge in [0.05, 0.1) is 23.6 Å². The van der Waals surface area contributed by atoms with Gasteiger partial charge < -0.3 is 20.9 Å². The highest BCUT2D eigenvalue weighted by atomic mass is 19.4. The number of benzene rings is 1. The van der Waals surface area contributed by atoms with Gasteiger partial charge in [0.2, 0.25) is 5.95 Å². The molecule has 0 saturated heterocycles. The molecule has 0 aliphatic heterocycles. The summed E-state index contributed by atoms with van der Waals surface area (Å²) in [6, 6.07) is 2.84. The van der Waals surface area contributed by atoms with Crippen LogP contribution in [0.5, 0.6) is 0 Å². The van der Waals surface area contributed by atoms with E-state index in [2.05, 4.69) is 15.3 Å². The lowest BCUT2D eigenvalue weighted by Crippen LogP contribution is -2.36. The number of hydrogen-bond acceptors (Lipinski definition) is 4. The molecule has 1 aromatic carbocycles. The van der Waals surface area contributed by atoms with E-state index in [0.29, 0.717) is 10.9 Å². The third kappa shape index (κ3) is 6.07. The number of alkyl halides is 3. The first-order chi connectivity index (χ1) is 13.0. The molecule has 7 nitrogen and oxygen atoms in total. The zero-order valence-electron chi connectivity index (χ0n) is 14.4. The normalized spacial score (nSPS) is 10.9. The van der Waals surface area contributed by atoms with Crippen LogP contribution in [0.25, 0.3) is 10.9 Å². The molecule has 3 aromatic rings. The molecule has 12 heteroatoms. The van der Waals surface area contributed by atoms with E-state index in [-0.39, 0.29) is 11.6 Å². The van der Waals surface area contributed by atoms with Crippen molar-refractivity contribution in [3.05, 3.63) is 48.4 Å². The van der Waals surface area contributed by atoms with Crippen molar-refractivity contribution in [3.63, 3.8) is 0 Å². The second-order valence-corrected chi connectivity index (χ2v) is 5.50. The van der Waals surface area contributed by atoms with Crippen LogP contribution < -0.4 is 16.4 Å². The highest BCUT2D eigenvalue weighted by Gasteiger charge is 2.27. The number of halogens is 5. The number of nitrogens with one attached hydrogen (secondary N) is 2. The number of urea groups is 1. The number of fused-ring (bicyclic) bond motifs is 1. The minimum atomic E-state index is -4.45. The van der Waals surface area contributed by atoms with Gasteiger partial charge in [0.15, 0.2) is 0 Å².